The van der Waals surface area contributed by atoms with Gasteiger partial charge in [-0.15, -0.1) is 0 Å². The van der Waals surface area contributed by atoms with Crippen LogP contribution in [0, 0.1) is 0 Å². The molecule has 3 nitrogen and oxygen atoms in total. The van der Waals surface area contributed by atoms with Crippen molar-refractivity contribution in [2.75, 3.05) is 13.2 Å². The van der Waals surface area contributed by atoms with Crippen molar-refractivity contribution < 1.29 is 9.84 Å². The Morgan fingerprint density at radius 3 is 2.80 bits per heavy atom. The summed E-state index contributed by atoms with van der Waals surface area (Å²) in [6.45, 7) is 1.88. The summed E-state index contributed by atoms with van der Waals surface area (Å²) < 4.78 is 5.57. The Balaban J connectivity index is 1.71. The van der Waals surface area contributed by atoms with E-state index in [4.69, 9.17) is 9.84 Å². The molecule has 1 unspecified atom stereocenters. The second-order valence-corrected chi connectivity index (χ2v) is 3.92. The molecule has 15 heavy (non-hydrogen) atoms. The van der Waals surface area contributed by atoms with Crippen molar-refractivity contribution in [2.45, 2.75) is 25.3 Å². The maximum atomic E-state index is 9.09. The molecule has 1 aliphatic rings. The van der Waals surface area contributed by atoms with E-state index in [1.54, 1.807) is 24.3 Å². The van der Waals surface area contributed by atoms with Gasteiger partial charge < -0.3 is 15.2 Å². The first-order valence-corrected chi connectivity index (χ1v) is 5.50. The molecule has 1 heterocycles. The first kappa shape index (κ1) is 10.3. The van der Waals surface area contributed by atoms with Gasteiger partial charge in [0.25, 0.3) is 0 Å². The van der Waals surface area contributed by atoms with Crippen molar-refractivity contribution in [3.8, 4) is 11.5 Å². The average molecular weight is 207 g/mol. The number of rotatable bonds is 4. The Bertz CT molecular complexity index is 291. The fourth-order valence-electron chi connectivity index (χ4n) is 1.86. The molecule has 0 aliphatic carbocycles. The van der Waals surface area contributed by atoms with E-state index in [9.17, 15) is 0 Å². The maximum absolute atomic E-state index is 9.09. The average Bonchev–Trinajstić information content (AvgIpc) is 2.74. The molecule has 1 aliphatic heterocycles. The van der Waals surface area contributed by atoms with Crippen LogP contribution in [0.25, 0.3) is 0 Å². The first-order valence-electron chi connectivity index (χ1n) is 5.50. The predicted molar refractivity (Wildman–Crippen MR) is 59.2 cm³/mol. The minimum Gasteiger partial charge on any atom is -0.508 e. The fraction of sp³-hybridized carbons (Fsp3) is 0.500. The van der Waals surface area contributed by atoms with E-state index in [1.165, 1.54) is 12.8 Å². The topological polar surface area (TPSA) is 41.5 Å². The van der Waals surface area contributed by atoms with Crippen LogP contribution < -0.4 is 10.1 Å². The molecule has 82 valence electrons. The molecule has 3 heteroatoms. The first-order chi connectivity index (χ1) is 7.34. The van der Waals surface area contributed by atoms with E-state index in [0.717, 1.165) is 25.3 Å². The molecule has 0 saturated carbocycles. The van der Waals surface area contributed by atoms with Gasteiger partial charge in [-0.2, -0.15) is 0 Å². The van der Waals surface area contributed by atoms with Gasteiger partial charge in [0.15, 0.2) is 0 Å². The van der Waals surface area contributed by atoms with Gasteiger partial charge in [0, 0.05) is 6.04 Å². The van der Waals surface area contributed by atoms with Crippen molar-refractivity contribution in [3.05, 3.63) is 24.3 Å². The van der Waals surface area contributed by atoms with E-state index in [0.29, 0.717) is 6.04 Å². The number of benzene rings is 1. The van der Waals surface area contributed by atoms with Crippen LogP contribution in [0.15, 0.2) is 24.3 Å². The number of hydrogen-bond acceptors (Lipinski definition) is 3. The molecular formula is C12H17NO2. The summed E-state index contributed by atoms with van der Waals surface area (Å²) in [5.74, 6) is 1.10. The molecule has 0 amide bonds. The molecular weight excluding hydrogens is 190 g/mol. The summed E-state index contributed by atoms with van der Waals surface area (Å²) in [6.07, 6.45) is 3.60. The predicted octanol–water partition coefficient (Wildman–Crippen LogP) is 1.91. The molecule has 2 rings (SSSR count). The summed E-state index contributed by atoms with van der Waals surface area (Å²) in [6, 6.07) is 7.49. The van der Waals surface area contributed by atoms with Gasteiger partial charge in [0.1, 0.15) is 11.5 Å². The van der Waals surface area contributed by atoms with Crippen LogP contribution in [0.5, 0.6) is 11.5 Å². The van der Waals surface area contributed by atoms with Gasteiger partial charge in [-0.3, -0.25) is 0 Å². The second kappa shape index (κ2) is 5.03. The van der Waals surface area contributed by atoms with Crippen LogP contribution in [0.1, 0.15) is 19.3 Å². The SMILES string of the molecule is Oc1ccc(OCCC2CCCN2)cc1. The lowest BCUT2D eigenvalue weighted by atomic mass is 10.2. The summed E-state index contributed by atoms with van der Waals surface area (Å²) >= 11 is 0. The lowest BCUT2D eigenvalue weighted by Gasteiger charge is -2.11. The molecule has 1 aromatic carbocycles. The van der Waals surface area contributed by atoms with E-state index in [-0.39, 0.29) is 5.75 Å². The minimum absolute atomic E-state index is 0.278. The Morgan fingerprint density at radius 2 is 2.13 bits per heavy atom. The van der Waals surface area contributed by atoms with Crippen LogP contribution in [-0.2, 0) is 0 Å². The quantitative estimate of drug-likeness (QED) is 0.792. The third-order valence-electron chi connectivity index (χ3n) is 2.73. The Morgan fingerprint density at radius 1 is 1.33 bits per heavy atom. The zero-order valence-corrected chi connectivity index (χ0v) is 8.78. The van der Waals surface area contributed by atoms with Gasteiger partial charge in [-0.1, -0.05) is 0 Å². The van der Waals surface area contributed by atoms with Crippen LogP contribution in [0.3, 0.4) is 0 Å². The third kappa shape index (κ3) is 3.13. The van der Waals surface area contributed by atoms with E-state index in [1.807, 2.05) is 0 Å². The highest BCUT2D eigenvalue weighted by molar-refractivity contribution is 5.29. The molecule has 1 fully saturated rings. The van der Waals surface area contributed by atoms with Crippen molar-refractivity contribution in [1.29, 1.82) is 0 Å². The summed E-state index contributed by atoms with van der Waals surface area (Å²) in [5.41, 5.74) is 0. The Hall–Kier alpha value is -1.22. The standard InChI is InChI=1S/C12H17NO2/c14-11-3-5-12(6-4-11)15-9-7-10-2-1-8-13-10/h3-6,10,13-14H,1-2,7-9H2. The number of phenols is 1. The van der Waals surface area contributed by atoms with E-state index >= 15 is 0 Å². The summed E-state index contributed by atoms with van der Waals surface area (Å²) in [7, 11) is 0. The molecule has 1 atom stereocenters. The molecule has 0 bridgehead atoms. The van der Waals surface area contributed by atoms with Crippen molar-refractivity contribution in [2.24, 2.45) is 0 Å². The van der Waals surface area contributed by atoms with Gasteiger partial charge in [-0.05, 0) is 50.1 Å². The van der Waals surface area contributed by atoms with Crippen LogP contribution in [-0.4, -0.2) is 24.3 Å². The molecule has 1 aromatic rings. The Kier molecular flexibility index (Phi) is 3.45. The zero-order valence-electron chi connectivity index (χ0n) is 8.78. The van der Waals surface area contributed by atoms with Gasteiger partial charge >= 0.3 is 0 Å². The number of ether oxygens (including phenoxy) is 1. The lowest BCUT2D eigenvalue weighted by molar-refractivity contribution is 0.292. The van der Waals surface area contributed by atoms with Gasteiger partial charge in [-0.25, -0.2) is 0 Å². The Labute approximate surface area is 90.1 Å². The highest BCUT2D eigenvalue weighted by atomic mass is 16.5. The molecule has 0 spiro atoms. The molecule has 1 saturated heterocycles. The fourth-order valence-corrected chi connectivity index (χ4v) is 1.86. The monoisotopic (exact) mass is 207 g/mol. The van der Waals surface area contributed by atoms with Crippen molar-refractivity contribution in [3.63, 3.8) is 0 Å². The highest BCUT2D eigenvalue weighted by Gasteiger charge is 2.13. The van der Waals surface area contributed by atoms with Crippen LogP contribution in [0.2, 0.25) is 0 Å². The molecule has 0 radical (unpaired) electrons. The number of hydrogen-bond donors (Lipinski definition) is 2. The number of aromatic hydroxyl groups is 1. The van der Waals surface area contributed by atoms with Crippen LogP contribution in [0.4, 0.5) is 0 Å². The van der Waals surface area contributed by atoms with E-state index in [2.05, 4.69) is 5.32 Å². The third-order valence-corrected chi connectivity index (χ3v) is 2.73. The van der Waals surface area contributed by atoms with Gasteiger partial charge in [0.2, 0.25) is 0 Å². The molecule has 2 N–H and O–H groups in total. The number of nitrogens with one attached hydrogen (secondary N) is 1. The normalized spacial score (nSPS) is 20.4. The second-order valence-electron chi connectivity index (χ2n) is 3.92. The van der Waals surface area contributed by atoms with Gasteiger partial charge in [0.05, 0.1) is 6.61 Å². The summed E-state index contributed by atoms with van der Waals surface area (Å²) in [4.78, 5) is 0. The largest absolute Gasteiger partial charge is 0.508 e. The van der Waals surface area contributed by atoms with E-state index < -0.39 is 0 Å². The number of phenolic OH excluding ortho intramolecular Hbond substituents is 1. The van der Waals surface area contributed by atoms with Crippen molar-refractivity contribution in [1.82, 2.24) is 5.32 Å². The maximum Gasteiger partial charge on any atom is 0.119 e. The minimum atomic E-state index is 0.278. The smallest absolute Gasteiger partial charge is 0.119 e. The summed E-state index contributed by atoms with van der Waals surface area (Å²) in [5, 5.41) is 12.5. The van der Waals surface area contributed by atoms with Crippen molar-refractivity contribution >= 4 is 0 Å². The lowest BCUT2D eigenvalue weighted by Crippen LogP contribution is -2.23. The van der Waals surface area contributed by atoms with Crippen LogP contribution >= 0.6 is 0 Å². The molecule has 0 aromatic heterocycles. The zero-order chi connectivity index (χ0) is 10.5. The highest BCUT2D eigenvalue weighted by Crippen LogP contribution is 2.16.